The van der Waals surface area contributed by atoms with Crippen molar-refractivity contribution in [2.24, 2.45) is 0 Å². The minimum atomic E-state index is 1.17. The summed E-state index contributed by atoms with van der Waals surface area (Å²) in [6.07, 6.45) is 2.24. The molecule has 104 valence electrons. The second-order valence-corrected chi connectivity index (χ2v) is 5.37. The van der Waals surface area contributed by atoms with Crippen molar-refractivity contribution >= 4 is 12.4 Å². The van der Waals surface area contributed by atoms with Crippen molar-refractivity contribution in [1.82, 2.24) is 0 Å². The molecule has 2 aromatic carbocycles. The number of benzene rings is 2. The summed E-state index contributed by atoms with van der Waals surface area (Å²) < 4.78 is 2.06. The molecule has 0 saturated carbocycles. The third-order valence-corrected chi connectivity index (χ3v) is 3.81. The molecule has 2 aromatic rings. The first-order valence-corrected chi connectivity index (χ1v) is 7.16. The molecule has 0 amide bonds. The third-order valence-electron chi connectivity index (χ3n) is 3.81. The quantitative estimate of drug-likeness (QED) is 0.552. The lowest BCUT2D eigenvalue weighted by molar-refractivity contribution is -0.394. The minimum Gasteiger partial charge on any atom is -0.248 e. The zero-order chi connectivity index (χ0) is 14.8. The van der Waals surface area contributed by atoms with Gasteiger partial charge in [0.25, 0.3) is 0 Å². The van der Waals surface area contributed by atoms with Crippen LogP contribution in [0.15, 0.2) is 77.9 Å². The van der Waals surface area contributed by atoms with Gasteiger partial charge in [0.1, 0.15) is 6.04 Å². The van der Waals surface area contributed by atoms with Crippen molar-refractivity contribution in [3.63, 3.8) is 0 Å². The van der Waals surface area contributed by atoms with Gasteiger partial charge >= 0.3 is 0 Å². The Morgan fingerprint density at radius 3 is 2.05 bits per heavy atom. The van der Waals surface area contributed by atoms with E-state index < -0.39 is 0 Å². The first-order chi connectivity index (χ1) is 10.2. The third kappa shape index (κ3) is 2.43. The Bertz CT molecular complexity index is 721. The Kier molecular flexibility index (Phi) is 3.49. The van der Waals surface area contributed by atoms with Gasteiger partial charge in [0.05, 0.1) is 6.72 Å². The van der Waals surface area contributed by atoms with Crippen LogP contribution in [0.25, 0.3) is 5.70 Å². The van der Waals surface area contributed by atoms with Crippen LogP contribution in [0.2, 0.25) is 0 Å². The zero-order valence-corrected chi connectivity index (χ0v) is 12.5. The summed E-state index contributed by atoms with van der Waals surface area (Å²) >= 11 is 0. The van der Waals surface area contributed by atoms with Crippen LogP contribution in [0.5, 0.6) is 0 Å². The molecule has 1 nitrogen and oxygen atoms in total. The fourth-order valence-corrected chi connectivity index (χ4v) is 2.96. The van der Waals surface area contributed by atoms with Crippen LogP contribution in [0.3, 0.4) is 0 Å². The zero-order valence-electron chi connectivity index (χ0n) is 12.5. The van der Waals surface area contributed by atoms with Gasteiger partial charge in [0.2, 0.25) is 0 Å². The molecule has 0 aliphatic carbocycles. The summed E-state index contributed by atoms with van der Waals surface area (Å²) in [5.41, 5.74) is 6.05. The number of rotatable bonds is 2. The van der Waals surface area contributed by atoms with Crippen LogP contribution in [0.4, 0.5) is 0 Å². The van der Waals surface area contributed by atoms with Crippen molar-refractivity contribution in [2.75, 3.05) is 0 Å². The highest BCUT2D eigenvalue weighted by molar-refractivity contribution is 5.69. The smallest absolute Gasteiger partial charge is 0.162 e. The second-order valence-electron chi connectivity index (χ2n) is 5.37. The Labute approximate surface area is 126 Å². The molecule has 0 bridgehead atoms. The Morgan fingerprint density at radius 1 is 0.857 bits per heavy atom. The van der Waals surface area contributed by atoms with E-state index in [2.05, 4.69) is 79.7 Å². The maximum Gasteiger partial charge on any atom is 0.162 e. The second kappa shape index (κ2) is 5.45. The molecule has 0 atom stereocenters. The van der Waals surface area contributed by atoms with Crippen molar-refractivity contribution < 1.29 is 4.58 Å². The molecule has 1 heteroatoms. The molecule has 1 heterocycles. The van der Waals surface area contributed by atoms with Gasteiger partial charge in [0.15, 0.2) is 5.70 Å². The summed E-state index contributed by atoms with van der Waals surface area (Å²) in [6.45, 7) is 8.60. The maximum absolute atomic E-state index is 4.31. The van der Waals surface area contributed by atoms with E-state index in [1.54, 1.807) is 0 Å². The van der Waals surface area contributed by atoms with E-state index >= 15 is 0 Å². The maximum atomic E-state index is 4.31. The van der Waals surface area contributed by atoms with Gasteiger partial charge in [-0.05, 0) is 30.6 Å². The lowest BCUT2D eigenvalue weighted by Crippen LogP contribution is -2.22. The summed E-state index contributed by atoms with van der Waals surface area (Å²) in [5.74, 6) is 0. The standard InChI is InChI=1S/C20H19N/c1-15-14-16(2)20(18-12-8-5-9-13-18)21(3)19(15)17-10-6-4-7-11-17/h4-14H,3H2,1-2H3. The predicted molar refractivity (Wildman–Crippen MR) is 89.0 cm³/mol. The number of nitrogens with zero attached hydrogens (tertiary/aromatic N) is 1. The molecule has 1 aliphatic heterocycles. The highest BCUT2D eigenvalue weighted by atomic mass is 15.0. The number of hydrogen-bond donors (Lipinski definition) is 0. The SMILES string of the molecule is C=[N+]1C(c2ccccc2)=C(C)C=C(C)[C-]1c1ccccc1. The molecule has 0 N–H and O–H groups in total. The molecule has 0 fully saturated rings. The lowest BCUT2D eigenvalue weighted by atomic mass is 9.91. The van der Waals surface area contributed by atoms with Gasteiger partial charge in [0, 0.05) is 5.56 Å². The van der Waals surface area contributed by atoms with Gasteiger partial charge in [-0.25, -0.2) is 4.58 Å². The summed E-state index contributed by atoms with van der Waals surface area (Å²) in [7, 11) is 0. The van der Waals surface area contributed by atoms with Gasteiger partial charge in [-0.15, -0.1) is 12.1 Å². The molecular formula is C20H19N. The highest BCUT2D eigenvalue weighted by Gasteiger charge is 2.27. The largest absolute Gasteiger partial charge is 0.248 e. The van der Waals surface area contributed by atoms with Crippen molar-refractivity contribution in [1.29, 1.82) is 0 Å². The minimum absolute atomic E-state index is 1.17. The molecule has 0 unspecified atom stereocenters. The van der Waals surface area contributed by atoms with Crippen LogP contribution in [0.1, 0.15) is 25.0 Å². The molecule has 0 spiro atoms. The average molecular weight is 273 g/mol. The lowest BCUT2D eigenvalue weighted by Gasteiger charge is -2.27. The molecule has 0 radical (unpaired) electrons. The van der Waals surface area contributed by atoms with Crippen LogP contribution < -0.4 is 0 Å². The fourth-order valence-electron chi connectivity index (χ4n) is 2.96. The van der Waals surface area contributed by atoms with E-state index in [4.69, 9.17) is 0 Å². The van der Waals surface area contributed by atoms with Crippen molar-refractivity contribution in [3.8, 4) is 0 Å². The Morgan fingerprint density at radius 2 is 1.43 bits per heavy atom. The number of hydrogen-bond acceptors (Lipinski definition) is 0. The molecule has 0 saturated heterocycles. The van der Waals surface area contributed by atoms with Crippen LogP contribution in [0, 0.1) is 6.04 Å². The summed E-state index contributed by atoms with van der Waals surface area (Å²) in [5, 5.41) is 0. The van der Waals surface area contributed by atoms with E-state index in [0.717, 1.165) is 0 Å². The first kappa shape index (κ1) is 13.4. The van der Waals surface area contributed by atoms with E-state index in [9.17, 15) is 0 Å². The normalized spacial score (nSPS) is 15.2. The summed E-state index contributed by atoms with van der Waals surface area (Å²) in [6, 6.07) is 22.0. The average Bonchev–Trinajstić information content (AvgIpc) is 2.49. The molecule has 3 rings (SSSR count). The number of allylic oxidation sites excluding steroid dienone is 2. The van der Waals surface area contributed by atoms with Gasteiger partial charge < -0.3 is 0 Å². The molecule has 21 heavy (non-hydrogen) atoms. The first-order valence-electron chi connectivity index (χ1n) is 7.16. The van der Waals surface area contributed by atoms with Gasteiger partial charge in [-0.2, -0.15) is 0 Å². The highest BCUT2D eigenvalue weighted by Crippen LogP contribution is 2.36. The Hall–Kier alpha value is -2.54. The summed E-state index contributed by atoms with van der Waals surface area (Å²) in [4.78, 5) is 0. The van der Waals surface area contributed by atoms with Crippen LogP contribution in [-0.4, -0.2) is 11.3 Å². The predicted octanol–water partition coefficient (Wildman–Crippen LogP) is 4.67. The topological polar surface area (TPSA) is 3.01 Å². The molecule has 1 aliphatic rings. The fraction of sp³-hybridized carbons (Fsp3) is 0.100. The molecular weight excluding hydrogens is 254 g/mol. The van der Waals surface area contributed by atoms with Gasteiger partial charge in [-0.1, -0.05) is 54.6 Å². The van der Waals surface area contributed by atoms with Crippen LogP contribution >= 0.6 is 0 Å². The van der Waals surface area contributed by atoms with Crippen molar-refractivity contribution in [3.05, 3.63) is 95.1 Å². The van der Waals surface area contributed by atoms with E-state index in [1.165, 1.54) is 34.0 Å². The van der Waals surface area contributed by atoms with E-state index in [0.29, 0.717) is 0 Å². The van der Waals surface area contributed by atoms with E-state index in [1.807, 2.05) is 12.1 Å². The molecule has 0 aromatic heterocycles. The van der Waals surface area contributed by atoms with Crippen molar-refractivity contribution in [2.45, 2.75) is 13.8 Å². The monoisotopic (exact) mass is 273 g/mol. The van der Waals surface area contributed by atoms with Crippen LogP contribution in [-0.2, 0) is 0 Å². The van der Waals surface area contributed by atoms with Gasteiger partial charge in [-0.3, -0.25) is 0 Å². The van der Waals surface area contributed by atoms with E-state index in [-0.39, 0.29) is 0 Å². The Balaban J connectivity index is 2.10.